The third kappa shape index (κ3) is 1.88. The monoisotopic (exact) mass is 239 g/mol. The first-order valence-corrected chi connectivity index (χ1v) is 5.94. The van der Waals surface area contributed by atoms with Crippen LogP contribution >= 0.6 is 0 Å². The van der Waals surface area contributed by atoms with E-state index in [4.69, 9.17) is 4.74 Å². The van der Waals surface area contributed by atoms with Gasteiger partial charge in [-0.3, -0.25) is 9.78 Å². The lowest BCUT2D eigenvalue weighted by molar-refractivity contribution is 0.0824. The quantitative estimate of drug-likeness (QED) is 0.756. The molecule has 90 valence electrons. The Bertz CT molecular complexity index is 582. The molecule has 2 heterocycles. The zero-order valence-corrected chi connectivity index (χ0v) is 10.1. The number of hydrogen-bond donors (Lipinski definition) is 0. The zero-order valence-electron chi connectivity index (χ0n) is 10.1. The first kappa shape index (κ1) is 11.0. The van der Waals surface area contributed by atoms with Crippen molar-refractivity contribution < 1.29 is 9.53 Å². The van der Waals surface area contributed by atoms with Crippen LogP contribution in [-0.2, 0) is 6.42 Å². The smallest absolute Gasteiger partial charge is 0.205 e. The summed E-state index contributed by atoms with van der Waals surface area (Å²) in [6, 6.07) is 9.62. The van der Waals surface area contributed by atoms with Crippen LogP contribution in [0.15, 0.2) is 42.7 Å². The Kier molecular flexibility index (Phi) is 2.59. The van der Waals surface area contributed by atoms with E-state index in [2.05, 4.69) is 4.98 Å². The number of aryl methyl sites for hydroxylation is 1. The minimum absolute atomic E-state index is 0.00222. The molecular formula is C15H13NO2. The predicted octanol–water partition coefficient (Wildman–Crippen LogP) is 2.58. The summed E-state index contributed by atoms with van der Waals surface area (Å²) in [5.41, 5.74) is 2.70. The summed E-state index contributed by atoms with van der Waals surface area (Å²) in [7, 11) is 0. The number of carbonyl (C=O) groups is 1. The van der Waals surface area contributed by atoms with Crippen molar-refractivity contribution in [2.24, 2.45) is 0 Å². The number of nitrogens with zero attached hydrogens (tertiary/aromatic N) is 1. The molecule has 0 fully saturated rings. The van der Waals surface area contributed by atoms with Crippen molar-refractivity contribution >= 4 is 5.78 Å². The van der Waals surface area contributed by atoms with Crippen LogP contribution < -0.4 is 4.74 Å². The summed E-state index contributed by atoms with van der Waals surface area (Å²) < 4.78 is 5.69. The van der Waals surface area contributed by atoms with E-state index in [1.165, 1.54) is 0 Å². The second-order valence-electron chi connectivity index (χ2n) is 4.53. The van der Waals surface area contributed by atoms with Crippen molar-refractivity contribution in [3.63, 3.8) is 0 Å². The molecule has 3 heteroatoms. The first-order chi connectivity index (χ1) is 8.74. The maximum Gasteiger partial charge on any atom is 0.205 e. The maximum atomic E-state index is 12.3. The highest BCUT2D eigenvalue weighted by atomic mass is 16.5. The molecule has 1 aromatic heterocycles. The first-order valence-electron chi connectivity index (χ1n) is 5.94. The van der Waals surface area contributed by atoms with E-state index in [-0.39, 0.29) is 5.78 Å². The molecule has 18 heavy (non-hydrogen) atoms. The fourth-order valence-electron chi connectivity index (χ4n) is 2.20. The number of para-hydroxylation sites is 1. The third-order valence-corrected chi connectivity index (χ3v) is 3.10. The highest BCUT2D eigenvalue weighted by Crippen LogP contribution is 2.29. The Labute approximate surface area is 105 Å². The fraction of sp³-hybridized carbons (Fsp3) is 0.200. The second kappa shape index (κ2) is 4.26. The highest BCUT2D eigenvalue weighted by Gasteiger charge is 2.29. The number of fused-ring (bicyclic) bond motifs is 1. The van der Waals surface area contributed by atoms with Gasteiger partial charge in [0.15, 0.2) is 6.10 Å². The molecule has 3 rings (SSSR count). The summed E-state index contributed by atoms with van der Waals surface area (Å²) in [4.78, 5) is 16.4. The van der Waals surface area contributed by atoms with Crippen LogP contribution in [0.2, 0.25) is 0 Å². The number of carbonyl (C=O) groups excluding carboxylic acids is 1. The van der Waals surface area contributed by atoms with Gasteiger partial charge in [0.25, 0.3) is 0 Å². The van der Waals surface area contributed by atoms with Crippen molar-refractivity contribution in [3.05, 3.63) is 59.4 Å². The molecular weight excluding hydrogens is 226 g/mol. The Morgan fingerprint density at radius 1 is 1.33 bits per heavy atom. The summed E-state index contributed by atoms with van der Waals surface area (Å²) >= 11 is 0. The van der Waals surface area contributed by atoms with E-state index in [9.17, 15) is 4.79 Å². The minimum Gasteiger partial charge on any atom is -0.482 e. The lowest BCUT2D eigenvalue weighted by Gasteiger charge is -2.09. The van der Waals surface area contributed by atoms with Gasteiger partial charge in [0.05, 0.1) is 0 Å². The van der Waals surface area contributed by atoms with E-state index in [0.29, 0.717) is 12.0 Å². The van der Waals surface area contributed by atoms with Gasteiger partial charge in [-0.2, -0.15) is 0 Å². The van der Waals surface area contributed by atoms with Crippen molar-refractivity contribution in [2.45, 2.75) is 19.4 Å². The number of ketones is 1. The summed E-state index contributed by atoms with van der Waals surface area (Å²) in [5, 5.41) is 0. The molecule has 1 aliphatic rings. The summed E-state index contributed by atoms with van der Waals surface area (Å²) in [5.74, 6) is 0.818. The molecule has 0 N–H and O–H groups in total. The van der Waals surface area contributed by atoms with Crippen LogP contribution in [0.4, 0.5) is 0 Å². The molecule has 0 saturated heterocycles. The van der Waals surface area contributed by atoms with Gasteiger partial charge >= 0.3 is 0 Å². The Morgan fingerprint density at radius 3 is 2.94 bits per heavy atom. The van der Waals surface area contributed by atoms with Gasteiger partial charge < -0.3 is 4.74 Å². The molecule has 2 aromatic rings. The van der Waals surface area contributed by atoms with E-state index in [0.717, 1.165) is 16.9 Å². The normalized spacial score (nSPS) is 17.1. The van der Waals surface area contributed by atoms with Crippen LogP contribution in [0.3, 0.4) is 0 Å². The molecule has 1 unspecified atom stereocenters. The van der Waals surface area contributed by atoms with Crippen molar-refractivity contribution in [1.29, 1.82) is 0 Å². The molecule has 1 atom stereocenters. The number of rotatable bonds is 2. The number of pyridine rings is 1. The van der Waals surface area contributed by atoms with E-state index >= 15 is 0 Å². The molecule has 0 amide bonds. The lowest BCUT2D eigenvalue weighted by Crippen LogP contribution is -2.25. The molecule has 0 spiro atoms. The average molecular weight is 239 g/mol. The van der Waals surface area contributed by atoms with E-state index in [1.807, 2.05) is 37.3 Å². The zero-order chi connectivity index (χ0) is 12.5. The standard InChI is InChI=1S/C15H13NO2/c1-10-6-12(9-16-8-10)15(17)14-7-11-4-2-3-5-13(11)18-14/h2-6,8-9,14H,7H2,1H3. The lowest BCUT2D eigenvalue weighted by atomic mass is 10.0. The molecule has 0 saturated carbocycles. The SMILES string of the molecule is Cc1cncc(C(=O)C2Cc3ccccc3O2)c1. The maximum absolute atomic E-state index is 12.3. The molecule has 0 aliphatic carbocycles. The number of aromatic nitrogens is 1. The van der Waals surface area contributed by atoms with Crippen LogP contribution in [0, 0.1) is 6.92 Å². The second-order valence-corrected chi connectivity index (χ2v) is 4.53. The summed E-state index contributed by atoms with van der Waals surface area (Å²) in [6.45, 7) is 1.92. The van der Waals surface area contributed by atoms with Crippen molar-refractivity contribution in [3.8, 4) is 5.75 Å². The van der Waals surface area contributed by atoms with Gasteiger partial charge in [0, 0.05) is 24.4 Å². The van der Waals surface area contributed by atoms with E-state index in [1.54, 1.807) is 12.4 Å². The number of benzene rings is 1. The van der Waals surface area contributed by atoms with Crippen molar-refractivity contribution in [1.82, 2.24) is 4.98 Å². The number of Topliss-reactive ketones (excluding diaryl/α,β-unsaturated/α-hetero) is 1. The van der Waals surface area contributed by atoms with Crippen LogP contribution in [0.5, 0.6) is 5.75 Å². The fourth-order valence-corrected chi connectivity index (χ4v) is 2.20. The van der Waals surface area contributed by atoms with Crippen molar-refractivity contribution in [2.75, 3.05) is 0 Å². The van der Waals surface area contributed by atoms with Gasteiger partial charge in [-0.05, 0) is 30.2 Å². The third-order valence-electron chi connectivity index (χ3n) is 3.10. The highest BCUT2D eigenvalue weighted by molar-refractivity contribution is 6.00. The number of hydrogen-bond acceptors (Lipinski definition) is 3. The van der Waals surface area contributed by atoms with Gasteiger partial charge in [-0.25, -0.2) is 0 Å². The summed E-state index contributed by atoms with van der Waals surface area (Å²) in [6.07, 6.45) is 3.57. The molecule has 0 bridgehead atoms. The Morgan fingerprint density at radius 2 is 2.17 bits per heavy atom. The van der Waals surface area contributed by atoms with Crippen LogP contribution in [0.25, 0.3) is 0 Å². The molecule has 0 radical (unpaired) electrons. The Balaban J connectivity index is 1.84. The van der Waals surface area contributed by atoms with Gasteiger partial charge in [0.1, 0.15) is 5.75 Å². The average Bonchev–Trinajstić information content (AvgIpc) is 2.81. The Hall–Kier alpha value is -2.16. The van der Waals surface area contributed by atoms with Gasteiger partial charge in [0.2, 0.25) is 5.78 Å². The molecule has 1 aliphatic heterocycles. The van der Waals surface area contributed by atoms with Gasteiger partial charge in [-0.15, -0.1) is 0 Å². The molecule has 1 aromatic carbocycles. The van der Waals surface area contributed by atoms with E-state index < -0.39 is 6.10 Å². The van der Waals surface area contributed by atoms with Crippen LogP contribution in [-0.4, -0.2) is 16.9 Å². The van der Waals surface area contributed by atoms with Crippen LogP contribution in [0.1, 0.15) is 21.5 Å². The number of ether oxygens (including phenoxy) is 1. The predicted molar refractivity (Wildman–Crippen MR) is 67.9 cm³/mol. The largest absolute Gasteiger partial charge is 0.482 e. The van der Waals surface area contributed by atoms with Gasteiger partial charge in [-0.1, -0.05) is 18.2 Å². The topological polar surface area (TPSA) is 39.2 Å². The molecule has 3 nitrogen and oxygen atoms in total. The minimum atomic E-state index is -0.411.